The van der Waals surface area contributed by atoms with E-state index in [2.05, 4.69) is 17.3 Å². The Morgan fingerprint density at radius 2 is 1.78 bits per heavy atom. The Hall–Kier alpha value is -0.610. The van der Waals surface area contributed by atoms with Gasteiger partial charge in [-0.25, -0.2) is 0 Å². The number of hydrogen-bond acceptors (Lipinski definition) is 3. The van der Waals surface area contributed by atoms with Crippen LogP contribution < -0.4 is 5.32 Å². The predicted molar refractivity (Wildman–Crippen MR) is 75.7 cm³/mol. The van der Waals surface area contributed by atoms with E-state index in [0.29, 0.717) is 0 Å². The van der Waals surface area contributed by atoms with Gasteiger partial charge in [0.2, 0.25) is 5.91 Å². The van der Waals surface area contributed by atoms with Gasteiger partial charge in [0.25, 0.3) is 0 Å². The molecule has 0 spiro atoms. The molecule has 0 aromatic heterocycles. The average molecular weight is 258 g/mol. The minimum Gasteiger partial charge on any atom is -0.368 e. The number of amides is 1. The summed E-state index contributed by atoms with van der Waals surface area (Å²) in [5.41, 5.74) is -0.173. The highest BCUT2D eigenvalue weighted by Gasteiger charge is 2.19. The monoisotopic (exact) mass is 258 g/mol. The number of nitrogens with one attached hydrogen (secondary N) is 1. The molecule has 18 heavy (non-hydrogen) atoms. The topological polar surface area (TPSA) is 41.6 Å². The maximum Gasteiger partial charge on any atom is 0.246 e. The number of likely N-dealkylation sites (tertiary alicyclic amines) is 1. The van der Waals surface area contributed by atoms with E-state index in [9.17, 15) is 4.79 Å². The summed E-state index contributed by atoms with van der Waals surface area (Å²) in [6.07, 6.45) is 2.31. The normalized spacial score (nSPS) is 17.9. The van der Waals surface area contributed by atoms with E-state index in [4.69, 9.17) is 4.74 Å². The van der Waals surface area contributed by atoms with Crippen LogP contribution >= 0.6 is 0 Å². The first-order valence-corrected chi connectivity index (χ1v) is 6.98. The third-order valence-electron chi connectivity index (χ3n) is 2.63. The van der Waals surface area contributed by atoms with Crippen LogP contribution in [-0.2, 0) is 9.53 Å². The van der Waals surface area contributed by atoms with E-state index < -0.39 is 0 Å². The van der Waals surface area contributed by atoms with Crippen molar-refractivity contribution in [3.05, 3.63) is 0 Å². The number of rotatable bonds is 3. The molecule has 0 atom stereocenters. The molecule has 1 rings (SSSR count). The van der Waals surface area contributed by atoms with Crippen LogP contribution in [-0.4, -0.2) is 49.2 Å². The van der Waals surface area contributed by atoms with Gasteiger partial charge in [-0.1, -0.05) is 13.8 Å². The Labute approximate surface area is 112 Å². The molecule has 1 aliphatic rings. The van der Waals surface area contributed by atoms with Gasteiger partial charge in [0.1, 0.15) is 6.61 Å². The Kier molecular flexibility index (Phi) is 8.20. The van der Waals surface area contributed by atoms with Crippen LogP contribution in [0.25, 0.3) is 0 Å². The highest BCUT2D eigenvalue weighted by Crippen LogP contribution is 2.11. The van der Waals surface area contributed by atoms with Gasteiger partial charge in [-0.2, -0.15) is 0 Å². The van der Waals surface area contributed by atoms with Gasteiger partial charge >= 0.3 is 0 Å². The van der Waals surface area contributed by atoms with Crippen LogP contribution in [0.5, 0.6) is 0 Å². The molecule has 4 nitrogen and oxygen atoms in total. The molecular formula is C14H30N2O2. The molecule has 108 valence electrons. The highest BCUT2D eigenvalue weighted by molar-refractivity contribution is 5.77. The number of nitrogens with zero attached hydrogens (tertiary/aromatic N) is 1. The van der Waals surface area contributed by atoms with Crippen molar-refractivity contribution in [3.8, 4) is 0 Å². The molecule has 1 fully saturated rings. The first-order valence-electron chi connectivity index (χ1n) is 6.98. The van der Waals surface area contributed by atoms with Crippen molar-refractivity contribution in [1.29, 1.82) is 0 Å². The molecule has 1 amide bonds. The molecule has 0 saturated carbocycles. The average Bonchev–Trinajstić information content (AvgIpc) is 2.29. The fourth-order valence-corrected chi connectivity index (χ4v) is 1.80. The van der Waals surface area contributed by atoms with Crippen LogP contribution in [0.15, 0.2) is 0 Å². The first-order chi connectivity index (χ1) is 8.37. The van der Waals surface area contributed by atoms with E-state index in [0.717, 1.165) is 25.9 Å². The lowest BCUT2D eigenvalue weighted by Crippen LogP contribution is -2.43. The molecule has 0 unspecified atom stereocenters. The maximum atomic E-state index is 11.5. The molecule has 1 saturated heterocycles. The fraction of sp³-hybridized carbons (Fsp3) is 0.929. The molecule has 1 aliphatic heterocycles. The quantitative estimate of drug-likeness (QED) is 0.842. The summed E-state index contributed by atoms with van der Waals surface area (Å²) in [6, 6.07) is 0. The number of piperidine rings is 1. The SMILES string of the molecule is CC.CN1CCC(OCC(=O)NC(C)(C)C)CC1. The van der Waals surface area contributed by atoms with Crippen molar-refractivity contribution in [2.75, 3.05) is 26.7 Å². The molecule has 1 heterocycles. The Morgan fingerprint density at radius 1 is 1.28 bits per heavy atom. The highest BCUT2D eigenvalue weighted by atomic mass is 16.5. The van der Waals surface area contributed by atoms with Crippen LogP contribution in [0.2, 0.25) is 0 Å². The summed E-state index contributed by atoms with van der Waals surface area (Å²) < 4.78 is 5.60. The smallest absolute Gasteiger partial charge is 0.246 e. The summed E-state index contributed by atoms with van der Waals surface area (Å²) in [6.45, 7) is 12.2. The van der Waals surface area contributed by atoms with E-state index in [1.807, 2.05) is 34.6 Å². The molecule has 1 N–H and O–H groups in total. The third-order valence-corrected chi connectivity index (χ3v) is 2.63. The number of ether oxygens (including phenoxy) is 1. The number of carbonyl (C=O) groups excluding carboxylic acids is 1. The minimum absolute atomic E-state index is 0.0218. The van der Waals surface area contributed by atoms with E-state index >= 15 is 0 Å². The molecule has 0 aliphatic carbocycles. The van der Waals surface area contributed by atoms with Crippen molar-refractivity contribution >= 4 is 5.91 Å². The van der Waals surface area contributed by atoms with Crippen molar-refractivity contribution in [3.63, 3.8) is 0 Å². The van der Waals surface area contributed by atoms with Crippen LogP contribution in [0.1, 0.15) is 47.5 Å². The van der Waals surface area contributed by atoms with Gasteiger partial charge < -0.3 is 15.0 Å². The summed E-state index contributed by atoms with van der Waals surface area (Å²) in [5.74, 6) is -0.0218. The minimum atomic E-state index is -0.173. The Bertz CT molecular complexity index is 228. The fourth-order valence-electron chi connectivity index (χ4n) is 1.80. The molecule has 0 radical (unpaired) electrons. The largest absolute Gasteiger partial charge is 0.368 e. The Balaban J connectivity index is 0.00000137. The molecular weight excluding hydrogens is 228 g/mol. The zero-order chi connectivity index (χ0) is 14.2. The second-order valence-corrected chi connectivity index (χ2v) is 5.61. The Morgan fingerprint density at radius 3 is 2.22 bits per heavy atom. The van der Waals surface area contributed by atoms with Crippen molar-refractivity contribution in [2.45, 2.75) is 59.1 Å². The lowest BCUT2D eigenvalue weighted by atomic mass is 10.1. The summed E-state index contributed by atoms with van der Waals surface area (Å²) in [4.78, 5) is 13.8. The summed E-state index contributed by atoms with van der Waals surface area (Å²) >= 11 is 0. The van der Waals surface area contributed by atoms with Gasteiger partial charge in [0.15, 0.2) is 0 Å². The lowest BCUT2D eigenvalue weighted by molar-refractivity contribution is -0.130. The van der Waals surface area contributed by atoms with Gasteiger partial charge in [0, 0.05) is 18.6 Å². The van der Waals surface area contributed by atoms with Gasteiger partial charge in [-0.15, -0.1) is 0 Å². The maximum absolute atomic E-state index is 11.5. The van der Waals surface area contributed by atoms with Crippen molar-refractivity contribution in [1.82, 2.24) is 10.2 Å². The zero-order valence-electron chi connectivity index (χ0n) is 12.9. The first kappa shape index (κ1) is 17.4. The zero-order valence-corrected chi connectivity index (χ0v) is 12.9. The van der Waals surface area contributed by atoms with Gasteiger partial charge in [0.05, 0.1) is 6.10 Å². The molecule has 0 bridgehead atoms. The third kappa shape index (κ3) is 8.48. The van der Waals surface area contributed by atoms with E-state index in [1.165, 1.54) is 0 Å². The lowest BCUT2D eigenvalue weighted by Gasteiger charge is -2.29. The van der Waals surface area contributed by atoms with Crippen molar-refractivity contribution in [2.24, 2.45) is 0 Å². The predicted octanol–water partition coefficient (Wildman–Crippen LogP) is 2.04. The summed E-state index contributed by atoms with van der Waals surface area (Å²) in [7, 11) is 2.11. The van der Waals surface area contributed by atoms with E-state index in [-0.39, 0.29) is 24.2 Å². The molecule has 0 aromatic carbocycles. The molecule has 4 heteroatoms. The van der Waals surface area contributed by atoms with E-state index in [1.54, 1.807) is 0 Å². The standard InChI is InChI=1S/C12H24N2O2.C2H6/c1-12(2,3)13-11(15)9-16-10-5-7-14(4)8-6-10;1-2/h10H,5-9H2,1-4H3,(H,13,15);1-2H3. The van der Waals surface area contributed by atoms with Crippen molar-refractivity contribution < 1.29 is 9.53 Å². The molecule has 0 aromatic rings. The van der Waals surface area contributed by atoms with Crippen LogP contribution in [0.3, 0.4) is 0 Å². The van der Waals surface area contributed by atoms with Crippen LogP contribution in [0.4, 0.5) is 0 Å². The summed E-state index contributed by atoms with van der Waals surface area (Å²) in [5, 5.41) is 2.89. The number of carbonyl (C=O) groups is 1. The van der Waals surface area contributed by atoms with Gasteiger partial charge in [-0.05, 0) is 40.7 Å². The van der Waals surface area contributed by atoms with Gasteiger partial charge in [-0.3, -0.25) is 4.79 Å². The second kappa shape index (κ2) is 8.48. The van der Waals surface area contributed by atoms with Crippen LogP contribution in [0, 0.1) is 0 Å². The second-order valence-electron chi connectivity index (χ2n) is 5.61. The number of hydrogen-bond donors (Lipinski definition) is 1.